The number of likely N-dealkylation sites (tertiary alicyclic amines) is 2. The van der Waals surface area contributed by atoms with Crippen LogP contribution in [-0.4, -0.2) is 78.6 Å². The van der Waals surface area contributed by atoms with Crippen LogP contribution in [-0.2, 0) is 6.67 Å². The second kappa shape index (κ2) is 13.3. The van der Waals surface area contributed by atoms with Crippen LogP contribution < -0.4 is 19.8 Å². The van der Waals surface area contributed by atoms with Crippen molar-refractivity contribution in [2.75, 3.05) is 54.1 Å². The fourth-order valence-electron chi connectivity index (χ4n) is 5.85. The third kappa shape index (κ3) is 6.31. The van der Waals surface area contributed by atoms with Crippen molar-refractivity contribution in [2.24, 2.45) is 0 Å². The number of hydrogen-bond acceptors (Lipinski definition) is 8. The highest BCUT2D eigenvalue weighted by Gasteiger charge is 2.29. The third-order valence-electron chi connectivity index (χ3n) is 8.02. The Kier molecular flexibility index (Phi) is 9.34. The van der Waals surface area contributed by atoms with Gasteiger partial charge in [0.1, 0.15) is 5.69 Å². The molecule has 0 unspecified atom stereocenters. The number of aromatic nitrogens is 3. The van der Waals surface area contributed by atoms with E-state index in [0.29, 0.717) is 42.0 Å². The minimum atomic E-state index is -0.308. The molecule has 2 aromatic carbocycles. The lowest BCUT2D eigenvalue weighted by molar-refractivity contribution is 0.168. The molecular weight excluding hydrogens is 506 g/mol. The maximum Gasteiger partial charge on any atom is 0.290 e. The highest BCUT2D eigenvalue weighted by Crippen LogP contribution is 2.41. The molecule has 0 amide bonds. The Bertz CT molecular complexity index is 1290. The highest BCUT2D eigenvalue weighted by atomic mass is 16.5. The molecule has 3 aromatic rings. The van der Waals surface area contributed by atoms with Gasteiger partial charge >= 0.3 is 0 Å². The fraction of sp³-hybridized carbons (Fsp3) is 0.516. The quantitative estimate of drug-likeness (QED) is 0.370. The van der Waals surface area contributed by atoms with Gasteiger partial charge in [0.2, 0.25) is 5.75 Å². The predicted molar refractivity (Wildman–Crippen MR) is 155 cm³/mol. The summed E-state index contributed by atoms with van der Waals surface area (Å²) in [6, 6.07) is 13.8. The molecule has 5 rings (SSSR count). The van der Waals surface area contributed by atoms with Gasteiger partial charge < -0.3 is 19.1 Å². The molecule has 2 aliphatic heterocycles. The van der Waals surface area contributed by atoms with Crippen LogP contribution >= 0.6 is 0 Å². The van der Waals surface area contributed by atoms with E-state index in [0.717, 1.165) is 63.0 Å². The first-order valence-electron chi connectivity index (χ1n) is 14.4. The lowest BCUT2D eigenvalue weighted by Gasteiger charge is -2.31. The Morgan fingerprint density at radius 1 is 0.800 bits per heavy atom. The lowest BCUT2D eigenvalue weighted by Crippen LogP contribution is -2.41. The molecule has 2 aliphatic rings. The van der Waals surface area contributed by atoms with Crippen molar-refractivity contribution in [3.05, 3.63) is 64.1 Å². The zero-order valence-electron chi connectivity index (χ0n) is 24.0. The molecule has 1 aromatic heterocycles. The highest BCUT2D eigenvalue weighted by molar-refractivity contribution is 5.57. The maximum absolute atomic E-state index is 14.2. The summed E-state index contributed by atoms with van der Waals surface area (Å²) in [6.45, 7) is 5.06. The summed E-state index contributed by atoms with van der Waals surface area (Å²) in [6.07, 6.45) is 7.05. The Labute approximate surface area is 236 Å². The van der Waals surface area contributed by atoms with Gasteiger partial charge in [-0.05, 0) is 69.6 Å². The predicted octanol–water partition coefficient (Wildman–Crippen LogP) is 4.39. The molecule has 0 N–H and O–H groups in total. The van der Waals surface area contributed by atoms with Crippen LogP contribution in [0, 0.1) is 0 Å². The fourth-order valence-corrected chi connectivity index (χ4v) is 5.85. The number of nitrogens with zero attached hydrogens (tertiary/aromatic N) is 5. The molecule has 0 spiro atoms. The van der Waals surface area contributed by atoms with E-state index in [1.54, 1.807) is 26.0 Å². The van der Waals surface area contributed by atoms with Crippen LogP contribution in [0.3, 0.4) is 0 Å². The van der Waals surface area contributed by atoms with Crippen molar-refractivity contribution < 1.29 is 14.2 Å². The molecular formula is C31H41N5O4. The second-order valence-corrected chi connectivity index (χ2v) is 10.7. The van der Waals surface area contributed by atoms with Crippen LogP contribution in [0.25, 0.3) is 11.4 Å². The van der Waals surface area contributed by atoms with Crippen LogP contribution in [0.5, 0.6) is 17.2 Å². The van der Waals surface area contributed by atoms with Gasteiger partial charge in [0.25, 0.3) is 5.56 Å². The summed E-state index contributed by atoms with van der Waals surface area (Å²) < 4.78 is 18.6. The minimum Gasteiger partial charge on any atom is -0.493 e. The van der Waals surface area contributed by atoms with Gasteiger partial charge in [0.15, 0.2) is 17.3 Å². The van der Waals surface area contributed by atoms with Gasteiger partial charge in [-0.2, -0.15) is 0 Å². The van der Waals surface area contributed by atoms with Gasteiger partial charge in [0, 0.05) is 18.0 Å². The average molecular weight is 548 g/mol. The van der Waals surface area contributed by atoms with Crippen LogP contribution in [0.4, 0.5) is 0 Å². The van der Waals surface area contributed by atoms with Crippen LogP contribution in [0.1, 0.15) is 55.7 Å². The molecule has 214 valence electrons. The van der Waals surface area contributed by atoms with Crippen molar-refractivity contribution in [3.8, 4) is 28.6 Å². The van der Waals surface area contributed by atoms with E-state index in [-0.39, 0.29) is 11.5 Å². The van der Waals surface area contributed by atoms with E-state index in [4.69, 9.17) is 24.3 Å². The van der Waals surface area contributed by atoms with Crippen molar-refractivity contribution in [1.29, 1.82) is 0 Å². The maximum atomic E-state index is 14.2. The van der Waals surface area contributed by atoms with Gasteiger partial charge in [-0.3, -0.25) is 9.69 Å². The molecule has 9 heteroatoms. The molecule has 0 bridgehead atoms. The summed E-state index contributed by atoms with van der Waals surface area (Å²) >= 11 is 0. The van der Waals surface area contributed by atoms with E-state index in [2.05, 4.69) is 9.80 Å². The Balaban J connectivity index is 1.66. The molecule has 0 aliphatic carbocycles. The monoisotopic (exact) mass is 547 g/mol. The van der Waals surface area contributed by atoms with E-state index in [1.807, 2.05) is 42.5 Å². The van der Waals surface area contributed by atoms with E-state index in [1.165, 1.54) is 12.8 Å². The normalized spacial score (nSPS) is 17.4. The zero-order valence-corrected chi connectivity index (χ0v) is 24.0. The Morgan fingerprint density at radius 2 is 1.40 bits per heavy atom. The molecule has 40 heavy (non-hydrogen) atoms. The van der Waals surface area contributed by atoms with E-state index in [9.17, 15) is 4.79 Å². The number of methoxy groups -OCH3 is 3. The molecule has 9 nitrogen and oxygen atoms in total. The first kappa shape index (κ1) is 28.1. The van der Waals surface area contributed by atoms with Crippen LogP contribution in [0.15, 0.2) is 47.3 Å². The van der Waals surface area contributed by atoms with Gasteiger partial charge in [-0.25, -0.2) is 9.67 Å². The summed E-state index contributed by atoms with van der Waals surface area (Å²) in [4.78, 5) is 24.0. The molecule has 0 saturated carbocycles. The van der Waals surface area contributed by atoms with Crippen LogP contribution in [0.2, 0.25) is 0 Å². The first-order valence-corrected chi connectivity index (χ1v) is 14.4. The minimum absolute atomic E-state index is 0.152. The Hall–Kier alpha value is -3.43. The largest absolute Gasteiger partial charge is 0.493 e. The van der Waals surface area contributed by atoms with E-state index < -0.39 is 0 Å². The smallest absolute Gasteiger partial charge is 0.290 e. The lowest BCUT2D eigenvalue weighted by atomic mass is 9.93. The van der Waals surface area contributed by atoms with Crippen molar-refractivity contribution in [2.45, 2.75) is 51.1 Å². The number of hydrogen-bond donors (Lipinski definition) is 0. The van der Waals surface area contributed by atoms with Crippen molar-refractivity contribution in [1.82, 2.24) is 24.6 Å². The third-order valence-corrected chi connectivity index (χ3v) is 8.02. The number of rotatable bonds is 10. The first-order chi connectivity index (χ1) is 19.6. The van der Waals surface area contributed by atoms with Gasteiger partial charge in [0.05, 0.1) is 28.0 Å². The van der Waals surface area contributed by atoms with E-state index >= 15 is 0 Å². The van der Waals surface area contributed by atoms with Gasteiger partial charge in [-0.1, -0.05) is 43.2 Å². The molecule has 1 atom stereocenters. The standard InChI is InChI=1S/C31H41N5O4/c1-38-26-19-24(20-27(39-2)29(26)40-3)25(21-34-15-9-5-10-16-34)28-31(37)36(22-35-17-11-6-12-18-35)33-30(32-28)23-13-7-4-8-14-23/h4,7-8,13-14,19-20,25H,5-6,9-12,15-18,21-22H2,1-3H3/t25-/m1/s1. The number of benzene rings is 2. The average Bonchev–Trinajstić information content (AvgIpc) is 3.01. The zero-order chi connectivity index (χ0) is 27.9. The number of ether oxygens (including phenoxy) is 3. The summed E-state index contributed by atoms with van der Waals surface area (Å²) in [5.41, 5.74) is 2.13. The van der Waals surface area contributed by atoms with Crippen molar-refractivity contribution in [3.63, 3.8) is 0 Å². The SMILES string of the molecule is COc1cc([C@@H](CN2CCCCC2)c2nc(-c3ccccc3)nn(CN3CCCCC3)c2=O)cc(OC)c1OC. The molecule has 0 radical (unpaired) electrons. The van der Waals surface area contributed by atoms with Gasteiger partial charge in [-0.15, -0.1) is 5.10 Å². The summed E-state index contributed by atoms with van der Waals surface area (Å²) in [5.74, 6) is 1.90. The summed E-state index contributed by atoms with van der Waals surface area (Å²) in [7, 11) is 4.83. The Morgan fingerprint density at radius 3 is 1.98 bits per heavy atom. The molecule has 3 heterocycles. The van der Waals surface area contributed by atoms with Crippen molar-refractivity contribution >= 4 is 0 Å². The molecule has 2 fully saturated rings. The molecule has 2 saturated heterocycles. The summed E-state index contributed by atoms with van der Waals surface area (Å²) in [5, 5.41) is 4.78. The topological polar surface area (TPSA) is 82.0 Å². The number of piperidine rings is 2. The second-order valence-electron chi connectivity index (χ2n) is 10.7.